The van der Waals surface area contributed by atoms with Crippen molar-refractivity contribution in [2.45, 2.75) is 53.0 Å². The molecular weight excluding hydrogens is 434 g/mol. The van der Waals surface area contributed by atoms with Crippen LogP contribution in [0.25, 0.3) is 11.0 Å². The lowest BCUT2D eigenvalue weighted by Gasteiger charge is -2.19. The second-order valence-corrected chi connectivity index (χ2v) is 7.71. The molecule has 0 aliphatic carbocycles. The molecule has 0 radical (unpaired) electrons. The maximum Gasteiger partial charge on any atom is 0.227 e. The van der Waals surface area contributed by atoms with Gasteiger partial charge in [0.1, 0.15) is 5.76 Å². The molecule has 3 aromatic rings. The molecule has 1 amide bonds. The number of nitrogens with zero attached hydrogens (tertiary/aromatic N) is 2. The number of benzene rings is 1. The first-order chi connectivity index (χ1) is 16.4. The van der Waals surface area contributed by atoms with Gasteiger partial charge >= 0.3 is 0 Å². The van der Waals surface area contributed by atoms with Crippen molar-refractivity contribution in [3.05, 3.63) is 41.8 Å². The lowest BCUT2D eigenvalue weighted by molar-refractivity contribution is -0.120. The summed E-state index contributed by atoms with van der Waals surface area (Å²) in [6.45, 7) is 9.29. The minimum atomic E-state index is -0.0556. The predicted molar refractivity (Wildman–Crippen MR) is 138 cm³/mol. The third-order valence-electron chi connectivity index (χ3n) is 5.09. The number of anilines is 1. The molecule has 34 heavy (non-hydrogen) atoms. The summed E-state index contributed by atoms with van der Waals surface area (Å²) in [4.78, 5) is 16.5. The molecule has 0 saturated heterocycles. The Morgan fingerprint density at radius 3 is 2.47 bits per heavy atom. The average molecular weight is 476 g/mol. The van der Waals surface area contributed by atoms with Crippen LogP contribution in [0.4, 0.5) is 5.82 Å². The largest absolute Gasteiger partial charge is 0.493 e. The van der Waals surface area contributed by atoms with Gasteiger partial charge < -0.3 is 29.1 Å². The van der Waals surface area contributed by atoms with E-state index in [9.17, 15) is 4.79 Å². The average Bonchev–Trinajstić information content (AvgIpc) is 3.34. The number of methoxy groups -OCH3 is 2. The maximum atomic E-state index is 11.9. The molecular formula is C25H41N5O4. The van der Waals surface area contributed by atoms with Gasteiger partial charge in [-0.05, 0) is 38.8 Å². The molecule has 1 aromatic carbocycles. The lowest BCUT2D eigenvalue weighted by Crippen LogP contribution is -2.28. The highest BCUT2D eigenvalue weighted by molar-refractivity contribution is 5.81. The van der Waals surface area contributed by atoms with Crippen LogP contribution in [0.2, 0.25) is 0 Å². The van der Waals surface area contributed by atoms with Gasteiger partial charge in [-0.2, -0.15) is 0 Å². The molecule has 3 rings (SSSR count). The molecule has 9 heteroatoms. The molecule has 0 atom stereocenters. The van der Waals surface area contributed by atoms with Gasteiger partial charge in [0.15, 0.2) is 22.8 Å². The third kappa shape index (κ3) is 6.76. The first-order valence-corrected chi connectivity index (χ1v) is 11.7. The zero-order chi connectivity index (χ0) is 25.1. The predicted octanol–water partition coefficient (Wildman–Crippen LogP) is 4.78. The summed E-state index contributed by atoms with van der Waals surface area (Å²) >= 11 is 0. The zero-order valence-electron chi connectivity index (χ0n) is 21.0. The van der Waals surface area contributed by atoms with Crippen molar-refractivity contribution in [2.24, 2.45) is 0 Å². The van der Waals surface area contributed by atoms with Crippen LogP contribution in [0.3, 0.4) is 0 Å². The van der Waals surface area contributed by atoms with Crippen LogP contribution < -0.4 is 25.6 Å². The monoisotopic (exact) mass is 475 g/mol. The van der Waals surface area contributed by atoms with E-state index >= 15 is 0 Å². The second kappa shape index (κ2) is 13.3. The fraction of sp³-hybridized carbons (Fsp3) is 0.480. The summed E-state index contributed by atoms with van der Waals surface area (Å²) in [7, 11) is 3.18. The minimum Gasteiger partial charge on any atom is -0.493 e. The van der Waals surface area contributed by atoms with E-state index < -0.39 is 0 Å². The Hall–Kier alpha value is -3.49. The lowest BCUT2D eigenvalue weighted by atomic mass is 10.2. The van der Waals surface area contributed by atoms with E-state index in [0.29, 0.717) is 41.7 Å². The molecule has 0 spiro atoms. The van der Waals surface area contributed by atoms with Gasteiger partial charge in [-0.3, -0.25) is 10.2 Å². The fourth-order valence-corrected chi connectivity index (χ4v) is 3.53. The highest BCUT2D eigenvalue weighted by atomic mass is 16.5. The van der Waals surface area contributed by atoms with E-state index in [1.165, 1.54) is 0 Å². The molecule has 0 saturated carbocycles. The number of fused-ring (bicyclic) bond motifs is 1. The summed E-state index contributed by atoms with van der Waals surface area (Å²) in [5, 5.41) is 14.8. The molecule has 0 aliphatic rings. The van der Waals surface area contributed by atoms with Crippen LogP contribution in [0.1, 0.15) is 55.2 Å². The number of aromatic nitrogens is 2. The van der Waals surface area contributed by atoms with E-state index in [2.05, 4.69) is 15.6 Å². The SMILES string of the molecule is CC.COc1cc2nc(NCCCCNC(=O)Cc3ccco3)c(=N)n(C(C)C)c2cc1OC.[HH].[HH]. The number of carbonyl (C=O) groups excluding carboxylic acids is 1. The van der Waals surface area contributed by atoms with Crippen LogP contribution in [0.5, 0.6) is 11.5 Å². The summed E-state index contributed by atoms with van der Waals surface area (Å²) in [5.41, 5.74) is 1.85. The van der Waals surface area contributed by atoms with Gasteiger partial charge in [-0.1, -0.05) is 13.8 Å². The van der Waals surface area contributed by atoms with Crippen LogP contribution in [0.15, 0.2) is 34.9 Å². The highest BCUT2D eigenvalue weighted by Gasteiger charge is 2.15. The number of nitrogens with one attached hydrogen (secondary N) is 3. The van der Waals surface area contributed by atoms with Crippen molar-refractivity contribution in [3.8, 4) is 11.5 Å². The number of ether oxygens (including phenoxy) is 2. The summed E-state index contributed by atoms with van der Waals surface area (Å²) in [6.07, 6.45) is 3.45. The first kappa shape index (κ1) is 26.8. The van der Waals surface area contributed by atoms with Gasteiger partial charge in [0.25, 0.3) is 0 Å². The Morgan fingerprint density at radius 2 is 1.85 bits per heavy atom. The van der Waals surface area contributed by atoms with Gasteiger partial charge in [0, 0.05) is 34.1 Å². The van der Waals surface area contributed by atoms with E-state index in [-0.39, 0.29) is 21.2 Å². The molecule has 3 N–H and O–H groups in total. The van der Waals surface area contributed by atoms with Crippen molar-refractivity contribution in [1.82, 2.24) is 14.9 Å². The summed E-state index contributed by atoms with van der Waals surface area (Å²) in [5.74, 6) is 2.31. The minimum absolute atomic E-state index is 0. The van der Waals surface area contributed by atoms with Gasteiger partial charge in [0.2, 0.25) is 5.91 Å². The second-order valence-electron chi connectivity index (χ2n) is 7.71. The van der Waals surface area contributed by atoms with Crippen molar-refractivity contribution in [3.63, 3.8) is 0 Å². The van der Waals surface area contributed by atoms with E-state index in [0.717, 1.165) is 23.9 Å². The third-order valence-corrected chi connectivity index (χ3v) is 5.09. The molecule has 2 aromatic heterocycles. The standard InChI is InChI=1S/C23H31N5O4.C2H6.2H2/c1-15(2)28-18-14-20(31-4)19(30-3)13-17(18)27-23(22(28)24)26-10-6-5-9-25-21(29)12-16-8-7-11-32-16;1-2;;/h7-8,11,13-15,24H,5-6,9-10,12H2,1-4H3,(H,25,29)(H,26,27);1-2H3;2*1H. The Kier molecular flexibility index (Phi) is 10.4. The Balaban J connectivity index is 0.00000299. The quantitative estimate of drug-likeness (QED) is 0.344. The van der Waals surface area contributed by atoms with E-state index in [1.807, 2.05) is 44.4 Å². The number of amides is 1. The van der Waals surface area contributed by atoms with Gasteiger partial charge in [-0.25, -0.2) is 4.98 Å². The molecule has 0 fully saturated rings. The molecule has 0 unspecified atom stereocenters. The van der Waals surface area contributed by atoms with E-state index in [1.54, 1.807) is 32.6 Å². The number of hydrogen-bond acceptors (Lipinski definition) is 7. The molecule has 9 nitrogen and oxygen atoms in total. The van der Waals surface area contributed by atoms with Crippen LogP contribution in [-0.4, -0.2) is 42.8 Å². The van der Waals surface area contributed by atoms with E-state index in [4.69, 9.17) is 19.3 Å². The van der Waals surface area contributed by atoms with Crippen molar-refractivity contribution < 1.29 is 21.5 Å². The number of unbranched alkanes of at least 4 members (excludes halogenated alkanes) is 1. The number of furan rings is 1. The molecule has 2 heterocycles. The Morgan fingerprint density at radius 1 is 1.18 bits per heavy atom. The number of carbonyl (C=O) groups is 1. The van der Waals surface area contributed by atoms with Crippen molar-refractivity contribution in [2.75, 3.05) is 32.6 Å². The first-order valence-electron chi connectivity index (χ1n) is 11.7. The Bertz CT molecular complexity index is 1120. The maximum absolute atomic E-state index is 11.9. The Labute approximate surface area is 204 Å². The molecule has 190 valence electrons. The van der Waals surface area contributed by atoms with Crippen LogP contribution >= 0.6 is 0 Å². The normalized spacial score (nSPS) is 10.6. The number of rotatable bonds is 11. The highest BCUT2D eigenvalue weighted by Crippen LogP contribution is 2.32. The summed E-state index contributed by atoms with van der Waals surface area (Å²) < 4.78 is 17.9. The zero-order valence-corrected chi connectivity index (χ0v) is 21.0. The topological polar surface area (TPSA) is 114 Å². The molecule has 0 bridgehead atoms. The van der Waals surface area contributed by atoms with Crippen molar-refractivity contribution >= 4 is 22.8 Å². The smallest absolute Gasteiger partial charge is 0.227 e. The molecule has 0 aliphatic heterocycles. The van der Waals surface area contributed by atoms with Gasteiger partial charge in [-0.15, -0.1) is 0 Å². The fourth-order valence-electron chi connectivity index (χ4n) is 3.53. The van der Waals surface area contributed by atoms with Crippen LogP contribution in [-0.2, 0) is 11.2 Å². The van der Waals surface area contributed by atoms with Crippen LogP contribution in [0, 0.1) is 5.41 Å². The van der Waals surface area contributed by atoms with Crippen molar-refractivity contribution in [1.29, 1.82) is 5.41 Å². The number of hydrogen-bond donors (Lipinski definition) is 3. The van der Waals surface area contributed by atoms with Gasteiger partial charge in [0.05, 0.1) is 37.9 Å². The summed E-state index contributed by atoms with van der Waals surface area (Å²) in [6, 6.07) is 7.30.